The maximum atomic E-state index is 6.35. The zero-order valence-corrected chi connectivity index (χ0v) is 13.3. The minimum atomic E-state index is 0.0435. The van der Waals surface area contributed by atoms with Gasteiger partial charge in [-0.25, -0.2) is 0 Å². The van der Waals surface area contributed by atoms with Crippen LogP contribution in [0.5, 0.6) is 5.75 Å². The van der Waals surface area contributed by atoms with E-state index in [-0.39, 0.29) is 6.04 Å². The third-order valence-corrected chi connectivity index (χ3v) is 4.39. The van der Waals surface area contributed by atoms with Crippen molar-refractivity contribution in [1.29, 1.82) is 0 Å². The fourth-order valence-electron chi connectivity index (χ4n) is 2.80. The second-order valence-corrected chi connectivity index (χ2v) is 6.05. The van der Waals surface area contributed by atoms with E-state index in [1.807, 2.05) is 19.2 Å². The Morgan fingerprint density at radius 1 is 1.14 bits per heavy atom. The van der Waals surface area contributed by atoms with Gasteiger partial charge in [-0.1, -0.05) is 41.4 Å². The summed E-state index contributed by atoms with van der Waals surface area (Å²) in [7, 11) is 1.94. The molecule has 1 aliphatic rings. The number of ether oxygens (including phenoxy) is 1. The SMILES string of the molecule is CNC(c1ccc2c(c1)CCCO2)c1ccc(Cl)cc1Cl. The van der Waals surface area contributed by atoms with Gasteiger partial charge in [-0.3, -0.25) is 0 Å². The largest absolute Gasteiger partial charge is 0.493 e. The van der Waals surface area contributed by atoms with Crippen LogP contribution in [0.2, 0.25) is 10.0 Å². The Bertz CT molecular complexity index is 657. The van der Waals surface area contributed by atoms with Crippen molar-refractivity contribution in [2.45, 2.75) is 18.9 Å². The quantitative estimate of drug-likeness (QED) is 0.890. The van der Waals surface area contributed by atoms with Gasteiger partial charge in [0.15, 0.2) is 0 Å². The smallest absolute Gasteiger partial charge is 0.122 e. The molecule has 0 radical (unpaired) electrons. The Balaban J connectivity index is 1.99. The first-order valence-corrected chi connectivity index (χ1v) is 7.82. The average molecular weight is 322 g/mol. The molecule has 1 unspecified atom stereocenters. The zero-order valence-electron chi connectivity index (χ0n) is 11.8. The number of benzene rings is 2. The highest BCUT2D eigenvalue weighted by Gasteiger charge is 2.18. The molecule has 2 aromatic rings. The van der Waals surface area contributed by atoms with E-state index in [1.54, 1.807) is 6.07 Å². The number of nitrogens with one attached hydrogen (secondary N) is 1. The standard InChI is InChI=1S/C17H17Cl2NO/c1-20-17(14-6-5-13(18)10-15(14)19)12-4-7-16-11(9-12)3-2-8-21-16/h4-7,9-10,17,20H,2-3,8H2,1H3. The molecule has 0 spiro atoms. The molecule has 1 aliphatic heterocycles. The summed E-state index contributed by atoms with van der Waals surface area (Å²) in [5.41, 5.74) is 3.48. The Labute approximate surface area is 135 Å². The molecule has 0 amide bonds. The van der Waals surface area contributed by atoms with Crippen LogP contribution in [0.1, 0.15) is 29.2 Å². The van der Waals surface area contributed by atoms with Crippen LogP contribution < -0.4 is 10.1 Å². The lowest BCUT2D eigenvalue weighted by atomic mass is 9.95. The normalized spacial score (nSPS) is 15.2. The van der Waals surface area contributed by atoms with Crippen LogP contribution in [-0.2, 0) is 6.42 Å². The number of hydrogen-bond donors (Lipinski definition) is 1. The van der Waals surface area contributed by atoms with Crippen molar-refractivity contribution in [1.82, 2.24) is 5.32 Å². The maximum absolute atomic E-state index is 6.35. The fraction of sp³-hybridized carbons (Fsp3) is 0.294. The fourth-order valence-corrected chi connectivity index (χ4v) is 3.31. The molecular formula is C17H17Cl2NO. The molecule has 2 nitrogen and oxygen atoms in total. The van der Waals surface area contributed by atoms with E-state index >= 15 is 0 Å². The molecular weight excluding hydrogens is 305 g/mol. The highest BCUT2D eigenvalue weighted by Crippen LogP contribution is 2.33. The van der Waals surface area contributed by atoms with Crippen molar-refractivity contribution >= 4 is 23.2 Å². The van der Waals surface area contributed by atoms with E-state index in [0.29, 0.717) is 10.0 Å². The van der Waals surface area contributed by atoms with Gasteiger partial charge in [-0.05, 0) is 54.8 Å². The number of halogens is 2. The third-order valence-electron chi connectivity index (χ3n) is 3.83. The molecule has 0 saturated carbocycles. The highest BCUT2D eigenvalue weighted by molar-refractivity contribution is 6.35. The second kappa shape index (κ2) is 6.27. The van der Waals surface area contributed by atoms with Gasteiger partial charge >= 0.3 is 0 Å². The first-order valence-electron chi connectivity index (χ1n) is 7.07. The van der Waals surface area contributed by atoms with Gasteiger partial charge in [0.1, 0.15) is 5.75 Å². The van der Waals surface area contributed by atoms with E-state index in [1.165, 1.54) is 11.1 Å². The van der Waals surface area contributed by atoms with Gasteiger partial charge in [0.25, 0.3) is 0 Å². The molecule has 0 bridgehead atoms. The summed E-state index contributed by atoms with van der Waals surface area (Å²) < 4.78 is 5.67. The summed E-state index contributed by atoms with van der Waals surface area (Å²) in [4.78, 5) is 0. The molecule has 0 aromatic heterocycles. The summed E-state index contributed by atoms with van der Waals surface area (Å²) in [5, 5.41) is 4.66. The molecule has 21 heavy (non-hydrogen) atoms. The van der Waals surface area contributed by atoms with E-state index in [4.69, 9.17) is 27.9 Å². The van der Waals surface area contributed by atoms with Crippen molar-refractivity contribution in [3.8, 4) is 5.75 Å². The van der Waals surface area contributed by atoms with E-state index < -0.39 is 0 Å². The van der Waals surface area contributed by atoms with E-state index in [9.17, 15) is 0 Å². The minimum Gasteiger partial charge on any atom is -0.493 e. The molecule has 1 heterocycles. The lowest BCUT2D eigenvalue weighted by Gasteiger charge is -2.22. The lowest BCUT2D eigenvalue weighted by Crippen LogP contribution is -2.19. The van der Waals surface area contributed by atoms with Crippen LogP contribution in [0.3, 0.4) is 0 Å². The molecule has 1 atom stereocenters. The number of hydrogen-bond acceptors (Lipinski definition) is 2. The van der Waals surface area contributed by atoms with Gasteiger partial charge in [0, 0.05) is 10.0 Å². The van der Waals surface area contributed by atoms with Crippen molar-refractivity contribution < 1.29 is 4.74 Å². The van der Waals surface area contributed by atoms with Crippen LogP contribution in [-0.4, -0.2) is 13.7 Å². The molecule has 1 N–H and O–H groups in total. The zero-order chi connectivity index (χ0) is 14.8. The summed E-state index contributed by atoms with van der Waals surface area (Å²) in [5.74, 6) is 1.00. The second-order valence-electron chi connectivity index (χ2n) is 5.21. The first-order chi connectivity index (χ1) is 10.2. The summed E-state index contributed by atoms with van der Waals surface area (Å²) in [6, 6.07) is 12.0. The number of rotatable bonds is 3. The molecule has 110 valence electrons. The van der Waals surface area contributed by atoms with Crippen molar-refractivity contribution in [3.05, 3.63) is 63.1 Å². The first kappa shape index (κ1) is 14.7. The van der Waals surface area contributed by atoms with Crippen LogP contribution in [0.15, 0.2) is 36.4 Å². The van der Waals surface area contributed by atoms with Crippen LogP contribution >= 0.6 is 23.2 Å². The van der Waals surface area contributed by atoms with Crippen LogP contribution in [0.4, 0.5) is 0 Å². The monoisotopic (exact) mass is 321 g/mol. The summed E-state index contributed by atoms with van der Waals surface area (Å²) in [6.07, 6.45) is 2.14. The number of fused-ring (bicyclic) bond motifs is 1. The van der Waals surface area contributed by atoms with Crippen LogP contribution in [0.25, 0.3) is 0 Å². The topological polar surface area (TPSA) is 21.3 Å². The Morgan fingerprint density at radius 2 is 2.00 bits per heavy atom. The average Bonchev–Trinajstić information content (AvgIpc) is 2.50. The molecule has 0 saturated heterocycles. The van der Waals surface area contributed by atoms with Crippen molar-refractivity contribution in [2.24, 2.45) is 0 Å². The molecule has 4 heteroatoms. The Kier molecular flexibility index (Phi) is 4.39. The Morgan fingerprint density at radius 3 is 2.76 bits per heavy atom. The Hall–Kier alpha value is -1.22. The summed E-state index contributed by atoms with van der Waals surface area (Å²) >= 11 is 12.3. The van der Waals surface area contributed by atoms with Crippen molar-refractivity contribution in [3.63, 3.8) is 0 Å². The number of aryl methyl sites for hydroxylation is 1. The lowest BCUT2D eigenvalue weighted by molar-refractivity contribution is 0.288. The van der Waals surface area contributed by atoms with E-state index in [2.05, 4.69) is 23.5 Å². The maximum Gasteiger partial charge on any atom is 0.122 e. The van der Waals surface area contributed by atoms with Gasteiger partial charge in [0.2, 0.25) is 0 Å². The van der Waals surface area contributed by atoms with Gasteiger partial charge in [0.05, 0.1) is 12.6 Å². The van der Waals surface area contributed by atoms with Crippen molar-refractivity contribution in [2.75, 3.05) is 13.7 Å². The van der Waals surface area contributed by atoms with E-state index in [0.717, 1.165) is 30.8 Å². The third kappa shape index (κ3) is 3.03. The molecule has 0 aliphatic carbocycles. The molecule has 0 fully saturated rings. The van der Waals surface area contributed by atoms with Gasteiger partial charge in [-0.15, -0.1) is 0 Å². The molecule has 3 rings (SSSR count). The van der Waals surface area contributed by atoms with Gasteiger partial charge < -0.3 is 10.1 Å². The summed E-state index contributed by atoms with van der Waals surface area (Å²) in [6.45, 7) is 0.810. The predicted octanol–water partition coefficient (Wildman–Crippen LogP) is 4.63. The van der Waals surface area contributed by atoms with Gasteiger partial charge in [-0.2, -0.15) is 0 Å². The molecule has 2 aromatic carbocycles. The predicted molar refractivity (Wildman–Crippen MR) is 87.6 cm³/mol. The minimum absolute atomic E-state index is 0.0435. The highest BCUT2D eigenvalue weighted by atomic mass is 35.5. The van der Waals surface area contributed by atoms with Crippen LogP contribution in [0, 0.1) is 0 Å².